The van der Waals surface area contributed by atoms with Crippen LogP contribution in [0.15, 0.2) is 33.6 Å². The molecule has 1 atom stereocenters. The number of halogens is 1. The Balaban J connectivity index is 2.41. The SMILES string of the molecule is CN(CCCN)C(=O)CCS(=O)c1ccc(Br)cc1. The van der Waals surface area contributed by atoms with E-state index in [-0.39, 0.29) is 5.91 Å². The van der Waals surface area contributed by atoms with Crippen LogP contribution >= 0.6 is 15.9 Å². The smallest absolute Gasteiger partial charge is 0.223 e. The predicted octanol–water partition coefficient (Wildman–Crippen LogP) is 1.75. The van der Waals surface area contributed by atoms with Crippen LogP contribution in [0.4, 0.5) is 0 Å². The van der Waals surface area contributed by atoms with Gasteiger partial charge in [0.05, 0.1) is 10.8 Å². The van der Waals surface area contributed by atoms with Gasteiger partial charge in [0, 0.05) is 35.1 Å². The third kappa shape index (κ3) is 5.84. The summed E-state index contributed by atoms with van der Waals surface area (Å²) < 4.78 is 13.0. The lowest BCUT2D eigenvalue weighted by atomic mass is 10.3. The third-order valence-corrected chi connectivity index (χ3v) is 4.60. The number of hydrogen-bond acceptors (Lipinski definition) is 3. The van der Waals surface area contributed by atoms with Crippen molar-refractivity contribution in [3.63, 3.8) is 0 Å². The fraction of sp³-hybridized carbons (Fsp3) is 0.462. The summed E-state index contributed by atoms with van der Waals surface area (Å²) in [4.78, 5) is 14.2. The van der Waals surface area contributed by atoms with Gasteiger partial charge in [-0.25, -0.2) is 0 Å². The van der Waals surface area contributed by atoms with E-state index in [0.29, 0.717) is 25.3 Å². The van der Waals surface area contributed by atoms with Crippen molar-refractivity contribution in [2.24, 2.45) is 5.73 Å². The van der Waals surface area contributed by atoms with E-state index in [1.807, 2.05) is 24.3 Å². The van der Waals surface area contributed by atoms with Gasteiger partial charge < -0.3 is 10.6 Å². The normalized spacial score (nSPS) is 12.2. The molecule has 1 unspecified atom stereocenters. The highest BCUT2D eigenvalue weighted by molar-refractivity contribution is 9.10. The van der Waals surface area contributed by atoms with E-state index >= 15 is 0 Å². The van der Waals surface area contributed by atoms with Gasteiger partial charge >= 0.3 is 0 Å². The summed E-state index contributed by atoms with van der Waals surface area (Å²) in [5.41, 5.74) is 5.40. The van der Waals surface area contributed by atoms with Crippen LogP contribution < -0.4 is 5.73 Å². The Bertz CT molecular complexity index is 437. The van der Waals surface area contributed by atoms with Gasteiger partial charge in [0.15, 0.2) is 0 Å². The molecular weight excluding hydrogens is 328 g/mol. The van der Waals surface area contributed by atoms with E-state index in [0.717, 1.165) is 15.8 Å². The quantitative estimate of drug-likeness (QED) is 0.817. The van der Waals surface area contributed by atoms with Crippen LogP contribution in [0.2, 0.25) is 0 Å². The van der Waals surface area contributed by atoms with Crippen LogP contribution in [0.5, 0.6) is 0 Å². The molecule has 1 aromatic rings. The van der Waals surface area contributed by atoms with Gasteiger partial charge in [-0.3, -0.25) is 9.00 Å². The van der Waals surface area contributed by atoms with E-state index in [4.69, 9.17) is 5.73 Å². The monoisotopic (exact) mass is 346 g/mol. The van der Waals surface area contributed by atoms with Crippen LogP contribution in [0.1, 0.15) is 12.8 Å². The van der Waals surface area contributed by atoms with Crippen molar-refractivity contribution in [1.82, 2.24) is 4.90 Å². The number of nitrogens with two attached hydrogens (primary N) is 1. The zero-order valence-corrected chi connectivity index (χ0v) is 13.4. The minimum absolute atomic E-state index is 0.0129. The van der Waals surface area contributed by atoms with Crippen molar-refractivity contribution in [2.75, 3.05) is 25.9 Å². The molecule has 0 aliphatic rings. The molecule has 1 aromatic carbocycles. The van der Waals surface area contributed by atoms with Crippen LogP contribution in [-0.4, -0.2) is 40.9 Å². The van der Waals surface area contributed by atoms with Gasteiger partial charge in [-0.2, -0.15) is 0 Å². The van der Waals surface area contributed by atoms with Gasteiger partial charge in [0.2, 0.25) is 5.91 Å². The molecule has 1 amide bonds. The summed E-state index contributed by atoms with van der Waals surface area (Å²) in [6, 6.07) is 7.32. The highest BCUT2D eigenvalue weighted by Gasteiger charge is 2.11. The number of carbonyl (C=O) groups excluding carboxylic acids is 1. The third-order valence-electron chi connectivity index (χ3n) is 2.70. The predicted molar refractivity (Wildman–Crippen MR) is 81.3 cm³/mol. The summed E-state index contributed by atoms with van der Waals surface area (Å²) in [5, 5.41) is 0. The molecule has 19 heavy (non-hydrogen) atoms. The van der Waals surface area contributed by atoms with Gasteiger partial charge in [-0.15, -0.1) is 0 Å². The number of amides is 1. The van der Waals surface area contributed by atoms with Crippen LogP contribution in [0.25, 0.3) is 0 Å². The molecule has 4 nitrogen and oxygen atoms in total. The average molecular weight is 347 g/mol. The fourth-order valence-corrected chi connectivity index (χ4v) is 2.83. The number of benzene rings is 1. The van der Waals surface area contributed by atoms with Crippen molar-refractivity contribution >= 4 is 32.6 Å². The zero-order chi connectivity index (χ0) is 14.3. The molecule has 1 rings (SSSR count). The lowest BCUT2D eigenvalue weighted by Crippen LogP contribution is -2.29. The van der Waals surface area contributed by atoms with E-state index in [1.54, 1.807) is 11.9 Å². The standard InChI is InChI=1S/C13H19BrN2O2S/c1-16(9-2-8-15)13(17)7-10-19(18)12-5-3-11(14)4-6-12/h3-6H,2,7-10,15H2,1H3. The Morgan fingerprint density at radius 2 is 2.00 bits per heavy atom. The van der Waals surface area contributed by atoms with Crippen LogP contribution in [0, 0.1) is 0 Å². The molecule has 6 heteroatoms. The molecule has 0 fully saturated rings. The Morgan fingerprint density at radius 1 is 1.37 bits per heavy atom. The number of hydrogen-bond donors (Lipinski definition) is 1. The van der Waals surface area contributed by atoms with Crippen molar-refractivity contribution in [2.45, 2.75) is 17.7 Å². The molecule has 0 saturated carbocycles. The highest BCUT2D eigenvalue weighted by atomic mass is 79.9. The van der Waals surface area contributed by atoms with Gasteiger partial charge in [-0.1, -0.05) is 15.9 Å². The molecule has 0 aliphatic heterocycles. The largest absolute Gasteiger partial charge is 0.346 e. The number of nitrogens with zero attached hydrogens (tertiary/aromatic N) is 1. The summed E-state index contributed by atoms with van der Waals surface area (Å²) in [6.45, 7) is 1.22. The van der Waals surface area contributed by atoms with Crippen molar-refractivity contribution in [3.05, 3.63) is 28.7 Å². The molecule has 0 saturated heterocycles. The Labute approximate surface area is 124 Å². The minimum Gasteiger partial charge on any atom is -0.346 e. The maximum absolute atomic E-state index is 12.0. The first-order chi connectivity index (χ1) is 9.04. The first kappa shape index (κ1) is 16.3. The maximum atomic E-state index is 12.0. The van der Waals surface area contributed by atoms with Crippen molar-refractivity contribution < 1.29 is 9.00 Å². The number of rotatable bonds is 7. The van der Waals surface area contributed by atoms with Crippen molar-refractivity contribution in [3.8, 4) is 0 Å². The maximum Gasteiger partial charge on any atom is 0.223 e. The summed E-state index contributed by atoms with van der Waals surface area (Å²) >= 11 is 3.33. The van der Waals surface area contributed by atoms with E-state index in [2.05, 4.69) is 15.9 Å². The fourth-order valence-electron chi connectivity index (χ4n) is 1.53. The van der Waals surface area contributed by atoms with Crippen LogP contribution in [0.3, 0.4) is 0 Å². The second kappa shape index (κ2) is 8.45. The summed E-state index contributed by atoms with van der Waals surface area (Å²) in [5.74, 6) is 0.367. The first-order valence-corrected chi connectivity index (χ1v) is 8.23. The Kier molecular flexibility index (Phi) is 7.27. The molecule has 0 spiro atoms. The topological polar surface area (TPSA) is 63.4 Å². The molecule has 0 heterocycles. The van der Waals surface area contributed by atoms with E-state index < -0.39 is 10.8 Å². The van der Waals surface area contributed by atoms with Gasteiger partial charge in [0.25, 0.3) is 0 Å². The molecule has 0 bridgehead atoms. The zero-order valence-electron chi connectivity index (χ0n) is 11.0. The lowest BCUT2D eigenvalue weighted by Gasteiger charge is -2.16. The van der Waals surface area contributed by atoms with Crippen molar-refractivity contribution in [1.29, 1.82) is 0 Å². The van der Waals surface area contributed by atoms with Gasteiger partial charge in [0.1, 0.15) is 0 Å². The number of carbonyl (C=O) groups is 1. The molecule has 0 aliphatic carbocycles. The average Bonchev–Trinajstić information content (AvgIpc) is 2.42. The molecular formula is C13H19BrN2O2S. The Morgan fingerprint density at radius 3 is 2.58 bits per heavy atom. The summed E-state index contributed by atoms with van der Waals surface area (Å²) in [7, 11) is 0.623. The molecule has 0 aromatic heterocycles. The second-order valence-corrected chi connectivity index (χ2v) is 6.70. The molecule has 106 valence electrons. The summed E-state index contributed by atoms with van der Waals surface area (Å²) in [6.07, 6.45) is 1.09. The van der Waals surface area contributed by atoms with E-state index in [9.17, 15) is 9.00 Å². The lowest BCUT2D eigenvalue weighted by molar-refractivity contribution is -0.129. The van der Waals surface area contributed by atoms with Gasteiger partial charge in [-0.05, 0) is 37.2 Å². The molecule has 2 N–H and O–H groups in total. The first-order valence-electron chi connectivity index (χ1n) is 6.12. The second-order valence-electron chi connectivity index (χ2n) is 4.21. The van der Waals surface area contributed by atoms with Crippen LogP contribution in [-0.2, 0) is 15.6 Å². The molecule has 0 radical (unpaired) electrons. The highest BCUT2D eigenvalue weighted by Crippen LogP contribution is 2.14. The van der Waals surface area contributed by atoms with E-state index in [1.165, 1.54) is 0 Å². The minimum atomic E-state index is -1.13. The Hall–Kier alpha value is -0.720.